The van der Waals surface area contributed by atoms with Crippen molar-refractivity contribution in [1.82, 2.24) is 0 Å². The molecule has 4 rings (SSSR count). The molecule has 2 nitrogen and oxygen atoms in total. The van der Waals surface area contributed by atoms with Gasteiger partial charge in [-0.3, -0.25) is 0 Å². The van der Waals surface area contributed by atoms with Gasteiger partial charge in [0.15, 0.2) is 0 Å². The Kier molecular flexibility index (Phi) is 1.25. The van der Waals surface area contributed by atoms with Crippen LogP contribution in [0.1, 0.15) is 32.1 Å². The summed E-state index contributed by atoms with van der Waals surface area (Å²) in [4.78, 5) is 0. The monoisotopic (exact) mass is 166 g/mol. The molecular formula is C10H18N2. The normalized spacial score (nSPS) is 62.5. The summed E-state index contributed by atoms with van der Waals surface area (Å²) >= 11 is 0. The third-order valence-electron chi connectivity index (χ3n) is 4.45. The van der Waals surface area contributed by atoms with Crippen LogP contribution in [-0.4, -0.2) is 11.6 Å². The van der Waals surface area contributed by atoms with Gasteiger partial charge in [-0.15, -0.1) is 0 Å². The van der Waals surface area contributed by atoms with Gasteiger partial charge in [-0.1, -0.05) is 0 Å². The molecule has 0 radical (unpaired) electrons. The van der Waals surface area contributed by atoms with Crippen LogP contribution in [0.5, 0.6) is 0 Å². The van der Waals surface area contributed by atoms with Gasteiger partial charge in [0, 0.05) is 11.6 Å². The summed E-state index contributed by atoms with van der Waals surface area (Å²) in [6, 6.07) is 0.310. The maximum Gasteiger partial charge on any atom is 0.0315 e. The van der Waals surface area contributed by atoms with Gasteiger partial charge >= 0.3 is 0 Å². The SMILES string of the molecule is NC1C2C[C@@H]3C[C@H](C2)CC1(N)C3. The molecule has 0 spiro atoms. The Hall–Kier alpha value is -0.0800. The van der Waals surface area contributed by atoms with Crippen molar-refractivity contribution in [2.24, 2.45) is 29.2 Å². The van der Waals surface area contributed by atoms with Crippen molar-refractivity contribution in [3.63, 3.8) is 0 Å². The van der Waals surface area contributed by atoms with Crippen LogP contribution in [0.3, 0.4) is 0 Å². The molecule has 2 heteroatoms. The first-order chi connectivity index (χ1) is 5.67. The second-order valence-electron chi connectivity index (χ2n) is 5.37. The van der Waals surface area contributed by atoms with E-state index in [-0.39, 0.29) is 5.54 Å². The molecule has 0 aliphatic heterocycles. The van der Waals surface area contributed by atoms with Crippen LogP contribution in [0.2, 0.25) is 0 Å². The van der Waals surface area contributed by atoms with E-state index in [1.807, 2.05) is 0 Å². The zero-order chi connectivity index (χ0) is 8.34. The summed E-state index contributed by atoms with van der Waals surface area (Å²) in [5.41, 5.74) is 12.6. The van der Waals surface area contributed by atoms with Crippen molar-refractivity contribution in [3.05, 3.63) is 0 Å². The smallest absolute Gasteiger partial charge is 0.0315 e. The third kappa shape index (κ3) is 0.775. The van der Waals surface area contributed by atoms with Crippen LogP contribution < -0.4 is 11.5 Å². The Labute approximate surface area is 73.7 Å². The minimum Gasteiger partial charge on any atom is -0.326 e. The number of hydrogen-bond donors (Lipinski definition) is 2. The average molecular weight is 166 g/mol. The molecule has 0 aromatic carbocycles. The summed E-state index contributed by atoms with van der Waals surface area (Å²) in [5.74, 6) is 2.61. The van der Waals surface area contributed by atoms with Crippen molar-refractivity contribution in [1.29, 1.82) is 0 Å². The molecule has 12 heavy (non-hydrogen) atoms. The van der Waals surface area contributed by atoms with Gasteiger partial charge in [-0.05, 0) is 49.9 Å². The highest BCUT2D eigenvalue weighted by atomic mass is 14.9. The molecule has 0 aromatic heterocycles. The van der Waals surface area contributed by atoms with Crippen LogP contribution in [0, 0.1) is 17.8 Å². The minimum atomic E-state index is 0.0365. The van der Waals surface area contributed by atoms with Crippen molar-refractivity contribution >= 4 is 0 Å². The minimum absolute atomic E-state index is 0.0365. The van der Waals surface area contributed by atoms with Crippen LogP contribution in [0.15, 0.2) is 0 Å². The lowest BCUT2D eigenvalue weighted by atomic mass is 9.51. The Balaban J connectivity index is 1.97. The summed E-state index contributed by atoms with van der Waals surface area (Å²) in [7, 11) is 0. The first-order valence-electron chi connectivity index (χ1n) is 5.22. The lowest BCUT2D eigenvalue weighted by molar-refractivity contribution is -0.0189. The zero-order valence-corrected chi connectivity index (χ0v) is 7.50. The fraction of sp³-hybridized carbons (Fsp3) is 1.00. The zero-order valence-electron chi connectivity index (χ0n) is 7.50. The lowest BCUT2D eigenvalue weighted by Crippen LogP contribution is -2.68. The van der Waals surface area contributed by atoms with Gasteiger partial charge < -0.3 is 11.5 Å². The largest absolute Gasteiger partial charge is 0.326 e. The summed E-state index contributed by atoms with van der Waals surface area (Å²) in [6.07, 6.45) is 6.61. The predicted molar refractivity (Wildman–Crippen MR) is 48.4 cm³/mol. The Morgan fingerprint density at radius 2 is 1.58 bits per heavy atom. The van der Waals surface area contributed by atoms with Crippen molar-refractivity contribution in [3.8, 4) is 0 Å². The Morgan fingerprint density at radius 1 is 1.00 bits per heavy atom. The summed E-state index contributed by atoms with van der Waals surface area (Å²) in [6.45, 7) is 0. The predicted octanol–water partition coefficient (Wildman–Crippen LogP) is 0.851. The van der Waals surface area contributed by atoms with E-state index in [0.717, 1.165) is 17.8 Å². The highest BCUT2D eigenvalue weighted by molar-refractivity contribution is 5.11. The van der Waals surface area contributed by atoms with Crippen LogP contribution in [-0.2, 0) is 0 Å². The number of rotatable bonds is 0. The van der Waals surface area contributed by atoms with Gasteiger partial charge in [-0.25, -0.2) is 0 Å². The van der Waals surface area contributed by atoms with E-state index in [2.05, 4.69) is 0 Å². The molecule has 3 unspecified atom stereocenters. The lowest BCUT2D eigenvalue weighted by Gasteiger charge is -2.58. The molecule has 4 saturated carbocycles. The summed E-state index contributed by atoms with van der Waals surface area (Å²) in [5, 5.41) is 0. The van der Waals surface area contributed by atoms with Gasteiger partial charge in [-0.2, -0.15) is 0 Å². The molecule has 0 amide bonds. The second-order valence-corrected chi connectivity index (χ2v) is 5.37. The van der Waals surface area contributed by atoms with E-state index < -0.39 is 0 Å². The van der Waals surface area contributed by atoms with E-state index in [1.165, 1.54) is 32.1 Å². The van der Waals surface area contributed by atoms with Crippen LogP contribution >= 0.6 is 0 Å². The van der Waals surface area contributed by atoms with E-state index in [9.17, 15) is 0 Å². The molecule has 4 fully saturated rings. The van der Waals surface area contributed by atoms with Gasteiger partial charge in [0.05, 0.1) is 0 Å². The fourth-order valence-electron chi connectivity index (χ4n) is 4.14. The maximum absolute atomic E-state index is 6.34. The molecule has 5 atom stereocenters. The van der Waals surface area contributed by atoms with E-state index in [1.54, 1.807) is 0 Å². The molecule has 0 saturated heterocycles. The molecule has 4 N–H and O–H groups in total. The van der Waals surface area contributed by atoms with Crippen molar-refractivity contribution in [2.75, 3.05) is 0 Å². The van der Waals surface area contributed by atoms with Gasteiger partial charge in [0.1, 0.15) is 0 Å². The molecule has 0 heterocycles. The van der Waals surface area contributed by atoms with Crippen molar-refractivity contribution < 1.29 is 0 Å². The maximum atomic E-state index is 6.34. The molecular weight excluding hydrogens is 148 g/mol. The van der Waals surface area contributed by atoms with E-state index >= 15 is 0 Å². The van der Waals surface area contributed by atoms with Crippen LogP contribution in [0.25, 0.3) is 0 Å². The van der Waals surface area contributed by atoms with Crippen molar-refractivity contribution in [2.45, 2.75) is 43.7 Å². The van der Waals surface area contributed by atoms with E-state index in [4.69, 9.17) is 11.5 Å². The molecule has 0 aromatic rings. The van der Waals surface area contributed by atoms with E-state index in [0.29, 0.717) is 6.04 Å². The average Bonchev–Trinajstić information content (AvgIpc) is 1.98. The second kappa shape index (κ2) is 2.05. The first-order valence-corrected chi connectivity index (χ1v) is 5.22. The number of nitrogens with two attached hydrogens (primary N) is 2. The van der Waals surface area contributed by atoms with Crippen LogP contribution in [0.4, 0.5) is 0 Å². The topological polar surface area (TPSA) is 52.0 Å². The fourth-order valence-corrected chi connectivity index (χ4v) is 4.14. The van der Waals surface area contributed by atoms with Gasteiger partial charge in [0.25, 0.3) is 0 Å². The number of hydrogen-bond acceptors (Lipinski definition) is 2. The molecule has 4 bridgehead atoms. The third-order valence-corrected chi connectivity index (χ3v) is 4.45. The standard InChI is InChI=1S/C10H18N2/c11-9-8-2-6-1-7(3-8)5-10(9,12)4-6/h6-9H,1-5,11-12H2/t6-,7+,8?,9?,10?. The highest BCUT2D eigenvalue weighted by Crippen LogP contribution is 2.53. The Bertz CT molecular complexity index is 200. The Morgan fingerprint density at radius 3 is 2.08 bits per heavy atom. The quantitative estimate of drug-likeness (QED) is 0.560. The molecule has 4 aliphatic rings. The molecule has 4 aliphatic carbocycles. The molecule has 68 valence electrons. The summed E-state index contributed by atoms with van der Waals surface area (Å²) < 4.78 is 0. The first kappa shape index (κ1) is 7.34. The van der Waals surface area contributed by atoms with Gasteiger partial charge in [0.2, 0.25) is 0 Å². The highest BCUT2D eigenvalue weighted by Gasteiger charge is 2.53.